The van der Waals surface area contributed by atoms with E-state index in [1.165, 1.54) is 11.8 Å². The van der Waals surface area contributed by atoms with E-state index in [1.54, 1.807) is 30.3 Å². The highest BCUT2D eigenvalue weighted by Gasteiger charge is 2.32. The number of rotatable bonds is 5. The third-order valence-electron chi connectivity index (χ3n) is 5.39. The van der Waals surface area contributed by atoms with Crippen LogP contribution in [0.25, 0.3) is 16.7 Å². The molecule has 1 saturated carbocycles. The van der Waals surface area contributed by atoms with Gasteiger partial charge < -0.3 is 14.8 Å². The van der Waals surface area contributed by atoms with E-state index >= 15 is 0 Å². The van der Waals surface area contributed by atoms with E-state index in [9.17, 15) is 9.90 Å². The number of phenols is 1. The Bertz CT molecular complexity index is 1400. The van der Waals surface area contributed by atoms with E-state index in [0.29, 0.717) is 49.1 Å². The molecular weight excluding hydrogens is 475 g/mol. The van der Waals surface area contributed by atoms with Crippen LogP contribution in [0.15, 0.2) is 35.1 Å². The van der Waals surface area contributed by atoms with Crippen LogP contribution < -0.4 is 10.3 Å². The number of aromatic amines is 1. The Morgan fingerprint density at radius 1 is 1.19 bits per heavy atom. The van der Waals surface area contributed by atoms with Gasteiger partial charge in [-0.05, 0) is 42.7 Å². The predicted octanol–water partition coefficient (Wildman–Crippen LogP) is 5.25. The van der Waals surface area contributed by atoms with Gasteiger partial charge in [0.1, 0.15) is 16.9 Å². The van der Waals surface area contributed by atoms with Gasteiger partial charge in [-0.3, -0.25) is 4.79 Å². The molecule has 2 aromatic carbocycles. The summed E-state index contributed by atoms with van der Waals surface area (Å²) >= 11 is 19.0. The molecule has 1 aliphatic rings. The van der Waals surface area contributed by atoms with Gasteiger partial charge in [-0.2, -0.15) is 5.10 Å². The summed E-state index contributed by atoms with van der Waals surface area (Å²) in [5, 5.41) is 16.2. The average Bonchev–Trinajstić information content (AvgIpc) is 3.50. The summed E-state index contributed by atoms with van der Waals surface area (Å²) < 4.78 is 6.61. The maximum Gasteiger partial charge on any atom is 0.262 e. The molecule has 0 spiro atoms. The molecule has 4 aromatic rings. The number of benzene rings is 2. The molecule has 0 unspecified atom stereocenters. The number of hydrogen-bond acceptors (Lipinski definition) is 5. The van der Waals surface area contributed by atoms with E-state index in [0.717, 1.165) is 18.4 Å². The Kier molecular flexibility index (Phi) is 5.28. The second-order valence-corrected chi connectivity index (χ2v) is 8.93. The van der Waals surface area contributed by atoms with Crippen molar-refractivity contribution in [3.05, 3.63) is 72.8 Å². The Morgan fingerprint density at radius 2 is 1.91 bits per heavy atom. The molecule has 5 rings (SSSR count). The smallest absolute Gasteiger partial charge is 0.262 e. The van der Waals surface area contributed by atoms with Crippen molar-refractivity contribution in [1.82, 2.24) is 19.7 Å². The molecule has 10 heteroatoms. The standard InChI is InChI=1S/C22H17Cl3N4O3/c1-32-16-5-2-10(6-15(16)30)7-17-26-21-18(22(31)27-17)19(11-3-4-11)28-29(21)20-13(24)8-12(23)9-14(20)25/h2,5-6,8-9,11,30H,3-4,7H2,1H3,(H,26,27,31). The summed E-state index contributed by atoms with van der Waals surface area (Å²) in [4.78, 5) is 20.6. The minimum atomic E-state index is -0.280. The van der Waals surface area contributed by atoms with E-state index in [1.807, 2.05) is 0 Å². The number of ether oxygens (including phenoxy) is 1. The van der Waals surface area contributed by atoms with Gasteiger partial charge in [0.25, 0.3) is 5.56 Å². The topological polar surface area (TPSA) is 93.0 Å². The number of hydrogen-bond donors (Lipinski definition) is 2. The van der Waals surface area contributed by atoms with Crippen LogP contribution in [0.1, 0.15) is 35.8 Å². The molecule has 0 amide bonds. The summed E-state index contributed by atoms with van der Waals surface area (Å²) in [5.41, 5.74) is 1.94. The van der Waals surface area contributed by atoms with Gasteiger partial charge >= 0.3 is 0 Å². The highest BCUT2D eigenvalue weighted by Crippen LogP contribution is 2.43. The molecule has 164 valence electrons. The van der Waals surface area contributed by atoms with Crippen LogP contribution in [0, 0.1) is 0 Å². The van der Waals surface area contributed by atoms with Crippen LogP contribution in [-0.2, 0) is 6.42 Å². The summed E-state index contributed by atoms with van der Waals surface area (Å²) in [7, 11) is 1.48. The summed E-state index contributed by atoms with van der Waals surface area (Å²) in [5.74, 6) is 0.992. The first kappa shape index (κ1) is 21.1. The zero-order valence-corrected chi connectivity index (χ0v) is 19.1. The van der Waals surface area contributed by atoms with Gasteiger partial charge in [0.15, 0.2) is 17.1 Å². The number of aromatic hydroxyl groups is 1. The largest absolute Gasteiger partial charge is 0.504 e. The lowest BCUT2D eigenvalue weighted by Crippen LogP contribution is -2.13. The molecule has 0 bridgehead atoms. The molecule has 2 aromatic heterocycles. The van der Waals surface area contributed by atoms with E-state index in [-0.39, 0.29) is 23.6 Å². The van der Waals surface area contributed by atoms with Crippen LogP contribution in [0.5, 0.6) is 11.5 Å². The Hall–Kier alpha value is -2.74. The van der Waals surface area contributed by atoms with Crippen molar-refractivity contribution in [3.8, 4) is 17.2 Å². The van der Waals surface area contributed by atoms with Gasteiger partial charge in [0.2, 0.25) is 0 Å². The zero-order chi connectivity index (χ0) is 22.6. The fourth-order valence-electron chi connectivity index (χ4n) is 3.75. The first-order chi connectivity index (χ1) is 15.4. The molecule has 2 N–H and O–H groups in total. The van der Waals surface area contributed by atoms with Gasteiger partial charge in [0.05, 0.1) is 22.8 Å². The maximum absolute atomic E-state index is 13.1. The van der Waals surface area contributed by atoms with Gasteiger partial charge in [0, 0.05) is 17.4 Å². The molecule has 0 radical (unpaired) electrons. The van der Waals surface area contributed by atoms with Crippen LogP contribution in [0.3, 0.4) is 0 Å². The van der Waals surface area contributed by atoms with E-state index in [4.69, 9.17) is 44.5 Å². The van der Waals surface area contributed by atoms with Crippen molar-refractivity contribution >= 4 is 45.8 Å². The van der Waals surface area contributed by atoms with E-state index in [2.05, 4.69) is 10.1 Å². The molecule has 0 saturated heterocycles. The third-order valence-corrected chi connectivity index (χ3v) is 6.18. The minimum Gasteiger partial charge on any atom is -0.504 e. The predicted molar refractivity (Wildman–Crippen MR) is 124 cm³/mol. The first-order valence-corrected chi connectivity index (χ1v) is 11.0. The Morgan fingerprint density at radius 3 is 2.53 bits per heavy atom. The van der Waals surface area contributed by atoms with Gasteiger partial charge in [-0.15, -0.1) is 0 Å². The Labute approximate surface area is 197 Å². The van der Waals surface area contributed by atoms with E-state index < -0.39 is 0 Å². The fourth-order valence-corrected chi connectivity index (χ4v) is 4.73. The lowest BCUT2D eigenvalue weighted by Gasteiger charge is -2.09. The second kappa shape index (κ2) is 7.99. The number of phenolic OH excluding ortho intramolecular Hbond substituents is 1. The number of fused-ring (bicyclic) bond motifs is 1. The summed E-state index contributed by atoms with van der Waals surface area (Å²) in [6.45, 7) is 0. The third kappa shape index (κ3) is 3.70. The number of nitrogens with one attached hydrogen (secondary N) is 1. The molecule has 2 heterocycles. The number of methoxy groups -OCH3 is 1. The molecule has 0 atom stereocenters. The molecule has 0 aliphatic heterocycles. The van der Waals surface area contributed by atoms with Crippen LogP contribution in [0.4, 0.5) is 0 Å². The lowest BCUT2D eigenvalue weighted by atomic mass is 10.1. The van der Waals surface area contributed by atoms with Crippen molar-refractivity contribution in [1.29, 1.82) is 0 Å². The maximum atomic E-state index is 13.1. The lowest BCUT2D eigenvalue weighted by molar-refractivity contribution is 0.373. The fraction of sp³-hybridized carbons (Fsp3) is 0.227. The van der Waals surface area contributed by atoms with Crippen molar-refractivity contribution < 1.29 is 9.84 Å². The van der Waals surface area contributed by atoms with Crippen molar-refractivity contribution in [3.63, 3.8) is 0 Å². The highest BCUT2D eigenvalue weighted by atomic mass is 35.5. The quantitative estimate of drug-likeness (QED) is 0.398. The second-order valence-electron chi connectivity index (χ2n) is 7.68. The number of H-pyrrole nitrogens is 1. The number of nitrogens with zero attached hydrogens (tertiary/aromatic N) is 3. The number of halogens is 3. The van der Waals surface area contributed by atoms with Crippen LogP contribution >= 0.6 is 34.8 Å². The van der Waals surface area contributed by atoms with Crippen LogP contribution in [-0.4, -0.2) is 32.0 Å². The molecule has 32 heavy (non-hydrogen) atoms. The molecule has 1 aliphatic carbocycles. The summed E-state index contributed by atoms with van der Waals surface area (Å²) in [6.07, 6.45) is 2.20. The van der Waals surface area contributed by atoms with Gasteiger partial charge in [-0.25, -0.2) is 9.67 Å². The molecular formula is C22H17Cl3N4O3. The van der Waals surface area contributed by atoms with Crippen LogP contribution in [0.2, 0.25) is 15.1 Å². The van der Waals surface area contributed by atoms with Crippen molar-refractivity contribution in [2.75, 3.05) is 7.11 Å². The number of aromatic nitrogens is 4. The SMILES string of the molecule is COc1ccc(Cc2nc3c(c(C4CC4)nn3-c3c(Cl)cc(Cl)cc3Cl)c(=O)[nH]2)cc1O. The van der Waals surface area contributed by atoms with Crippen molar-refractivity contribution in [2.24, 2.45) is 0 Å². The normalized spacial score (nSPS) is 13.6. The average molecular weight is 492 g/mol. The zero-order valence-electron chi connectivity index (χ0n) is 16.8. The monoisotopic (exact) mass is 490 g/mol. The highest BCUT2D eigenvalue weighted by molar-refractivity contribution is 6.40. The van der Waals surface area contributed by atoms with Gasteiger partial charge in [-0.1, -0.05) is 40.9 Å². The molecule has 7 nitrogen and oxygen atoms in total. The first-order valence-electron chi connectivity index (χ1n) is 9.88. The summed E-state index contributed by atoms with van der Waals surface area (Å²) in [6, 6.07) is 8.17. The minimum absolute atomic E-state index is 0.00853. The Balaban J connectivity index is 1.68. The van der Waals surface area contributed by atoms with Crippen molar-refractivity contribution in [2.45, 2.75) is 25.2 Å². The molecule has 1 fully saturated rings.